The summed E-state index contributed by atoms with van der Waals surface area (Å²) in [6.45, 7) is 5.27. The van der Waals surface area contributed by atoms with Crippen molar-refractivity contribution in [3.05, 3.63) is 24.2 Å². The zero-order valence-electron chi connectivity index (χ0n) is 13.4. The summed E-state index contributed by atoms with van der Waals surface area (Å²) in [5.74, 6) is 1.32. The quantitative estimate of drug-likeness (QED) is 0.756. The minimum atomic E-state index is -0.172. The van der Waals surface area contributed by atoms with Crippen LogP contribution in [0, 0.1) is 5.92 Å². The molecule has 1 fully saturated rings. The van der Waals surface area contributed by atoms with E-state index < -0.39 is 0 Å². The van der Waals surface area contributed by atoms with Crippen LogP contribution in [-0.2, 0) is 16.1 Å². The Bertz CT molecular complexity index is 479. The van der Waals surface area contributed by atoms with Gasteiger partial charge in [-0.2, -0.15) is 0 Å². The third-order valence-corrected chi connectivity index (χ3v) is 4.23. The standard InChI is InChI=1S/C16H25N3O3/c1-13-5-7-19(8-6-13)12-16(21)18(2)11-15(20)17-10-14-4-3-9-22-14/h3-4,9,13H,5-8,10-12H2,1-2H3,(H,17,20)/p+1. The van der Waals surface area contributed by atoms with E-state index in [0.29, 0.717) is 18.8 Å². The Balaban J connectivity index is 1.68. The fraction of sp³-hybridized carbons (Fsp3) is 0.625. The lowest BCUT2D eigenvalue weighted by Gasteiger charge is -2.28. The Morgan fingerprint density at radius 3 is 2.77 bits per heavy atom. The number of hydrogen-bond acceptors (Lipinski definition) is 3. The van der Waals surface area contributed by atoms with Crippen LogP contribution in [0.4, 0.5) is 0 Å². The number of nitrogens with zero attached hydrogens (tertiary/aromatic N) is 1. The first-order valence-electron chi connectivity index (χ1n) is 7.91. The number of piperidine rings is 1. The molecule has 6 heteroatoms. The lowest BCUT2D eigenvalue weighted by atomic mass is 9.99. The Labute approximate surface area is 131 Å². The number of quaternary nitrogens is 1. The molecule has 0 bridgehead atoms. The van der Waals surface area contributed by atoms with Crippen molar-refractivity contribution in [2.45, 2.75) is 26.3 Å². The largest absolute Gasteiger partial charge is 0.467 e. The van der Waals surface area contributed by atoms with Gasteiger partial charge in [0.1, 0.15) is 5.76 Å². The molecular weight excluding hydrogens is 282 g/mol. The Kier molecular flexibility index (Phi) is 6.00. The highest BCUT2D eigenvalue weighted by Gasteiger charge is 2.23. The summed E-state index contributed by atoms with van der Waals surface area (Å²) in [6.07, 6.45) is 3.92. The van der Waals surface area contributed by atoms with Gasteiger partial charge in [-0.15, -0.1) is 0 Å². The van der Waals surface area contributed by atoms with Gasteiger partial charge in [0.05, 0.1) is 32.4 Å². The zero-order valence-corrected chi connectivity index (χ0v) is 13.4. The molecule has 0 spiro atoms. The van der Waals surface area contributed by atoms with E-state index in [0.717, 1.165) is 19.0 Å². The molecule has 0 atom stereocenters. The Morgan fingerprint density at radius 1 is 1.41 bits per heavy atom. The van der Waals surface area contributed by atoms with Gasteiger partial charge in [-0.1, -0.05) is 6.92 Å². The Morgan fingerprint density at radius 2 is 2.14 bits per heavy atom. The van der Waals surface area contributed by atoms with Gasteiger partial charge in [0, 0.05) is 7.05 Å². The maximum Gasteiger partial charge on any atom is 0.277 e. The average Bonchev–Trinajstić information content (AvgIpc) is 3.01. The van der Waals surface area contributed by atoms with E-state index in [4.69, 9.17) is 4.42 Å². The number of carbonyl (C=O) groups is 2. The molecule has 6 nitrogen and oxygen atoms in total. The summed E-state index contributed by atoms with van der Waals surface area (Å²) in [7, 11) is 1.68. The second kappa shape index (κ2) is 7.98. The number of likely N-dealkylation sites (N-methyl/N-ethyl adjacent to an activating group) is 1. The molecule has 0 aromatic carbocycles. The molecule has 122 valence electrons. The van der Waals surface area contributed by atoms with E-state index in [1.807, 2.05) is 0 Å². The monoisotopic (exact) mass is 308 g/mol. The van der Waals surface area contributed by atoms with Crippen LogP contribution in [-0.4, -0.2) is 49.9 Å². The zero-order chi connectivity index (χ0) is 15.9. The second-order valence-corrected chi connectivity index (χ2v) is 6.22. The van der Waals surface area contributed by atoms with Gasteiger partial charge in [-0.05, 0) is 30.9 Å². The highest BCUT2D eigenvalue weighted by Crippen LogP contribution is 2.06. The van der Waals surface area contributed by atoms with E-state index in [1.165, 1.54) is 22.6 Å². The summed E-state index contributed by atoms with van der Waals surface area (Å²) < 4.78 is 5.15. The molecule has 0 aliphatic carbocycles. The normalized spacial score (nSPS) is 21.4. The first kappa shape index (κ1) is 16.5. The van der Waals surface area contributed by atoms with Crippen LogP contribution in [0.5, 0.6) is 0 Å². The molecule has 2 N–H and O–H groups in total. The van der Waals surface area contributed by atoms with Crippen molar-refractivity contribution in [2.24, 2.45) is 5.92 Å². The summed E-state index contributed by atoms with van der Waals surface area (Å²) in [5.41, 5.74) is 0. The highest BCUT2D eigenvalue weighted by molar-refractivity contribution is 5.84. The fourth-order valence-corrected chi connectivity index (χ4v) is 2.65. The van der Waals surface area contributed by atoms with Gasteiger partial charge in [0.15, 0.2) is 6.54 Å². The SMILES string of the molecule is CC1CC[NH+](CC(=O)N(C)CC(=O)NCc2ccco2)CC1. The molecule has 2 amide bonds. The average molecular weight is 308 g/mol. The van der Waals surface area contributed by atoms with Gasteiger partial charge >= 0.3 is 0 Å². The summed E-state index contributed by atoms with van der Waals surface area (Å²) in [4.78, 5) is 26.8. The molecule has 1 saturated heterocycles. The van der Waals surface area contributed by atoms with Crippen molar-refractivity contribution in [1.29, 1.82) is 0 Å². The van der Waals surface area contributed by atoms with Crippen molar-refractivity contribution < 1.29 is 18.9 Å². The van der Waals surface area contributed by atoms with Crippen molar-refractivity contribution in [1.82, 2.24) is 10.2 Å². The van der Waals surface area contributed by atoms with Crippen LogP contribution in [0.15, 0.2) is 22.8 Å². The maximum atomic E-state index is 12.2. The lowest BCUT2D eigenvalue weighted by Crippen LogP contribution is -3.14. The number of furan rings is 1. The van der Waals surface area contributed by atoms with E-state index >= 15 is 0 Å². The molecule has 22 heavy (non-hydrogen) atoms. The highest BCUT2D eigenvalue weighted by atomic mass is 16.3. The van der Waals surface area contributed by atoms with Crippen molar-refractivity contribution >= 4 is 11.8 Å². The number of rotatable bonds is 6. The minimum Gasteiger partial charge on any atom is -0.467 e. The van der Waals surface area contributed by atoms with E-state index in [1.54, 1.807) is 25.4 Å². The molecule has 1 aliphatic rings. The van der Waals surface area contributed by atoms with E-state index in [2.05, 4.69) is 12.2 Å². The maximum absolute atomic E-state index is 12.2. The smallest absolute Gasteiger partial charge is 0.277 e. The van der Waals surface area contributed by atoms with Crippen molar-refractivity contribution in [3.8, 4) is 0 Å². The van der Waals surface area contributed by atoms with Crippen LogP contribution in [0.25, 0.3) is 0 Å². The van der Waals surface area contributed by atoms with Crippen LogP contribution in [0.1, 0.15) is 25.5 Å². The van der Waals surface area contributed by atoms with Gasteiger partial charge in [0.25, 0.3) is 5.91 Å². The first-order valence-corrected chi connectivity index (χ1v) is 7.91. The second-order valence-electron chi connectivity index (χ2n) is 6.22. The predicted molar refractivity (Wildman–Crippen MR) is 82.2 cm³/mol. The minimum absolute atomic E-state index is 0.0256. The molecule has 1 aromatic rings. The van der Waals surface area contributed by atoms with Crippen LogP contribution < -0.4 is 10.2 Å². The summed E-state index contributed by atoms with van der Waals surface area (Å²) in [5, 5.41) is 2.75. The van der Waals surface area contributed by atoms with Gasteiger partial charge in [-0.3, -0.25) is 9.59 Å². The van der Waals surface area contributed by atoms with E-state index in [9.17, 15) is 9.59 Å². The van der Waals surface area contributed by atoms with Gasteiger partial charge in [-0.25, -0.2) is 0 Å². The topological polar surface area (TPSA) is 67.0 Å². The van der Waals surface area contributed by atoms with E-state index in [-0.39, 0.29) is 18.4 Å². The molecule has 0 saturated carbocycles. The number of amides is 2. The van der Waals surface area contributed by atoms with Crippen LogP contribution >= 0.6 is 0 Å². The number of likely N-dealkylation sites (tertiary alicyclic amines) is 1. The third kappa shape index (κ3) is 5.18. The van der Waals surface area contributed by atoms with Gasteiger partial charge in [0.2, 0.25) is 5.91 Å². The molecule has 0 unspecified atom stereocenters. The molecule has 2 heterocycles. The molecule has 2 rings (SSSR count). The number of hydrogen-bond donors (Lipinski definition) is 2. The molecular formula is C16H26N3O3+. The molecule has 1 aliphatic heterocycles. The number of carbonyl (C=O) groups excluding carboxylic acids is 2. The summed E-state index contributed by atoms with van der Waals surface area (Å²) in [6, 6.07) is 3.58. The third-order valence-electron chi connectivity index (χ3n) is 4.23. The van der Waals surface area contributed by atoms with Gasteiger partial charge < -0.3 is 19.5 Å². The number of nitrogens with one attached hydrogen (secondary N) is 2. The van der Waals surface area contributed by atoms with Crippen molar-refractivity contribution in [2.75, 3.05) is 33.2 Å². The summed E-state index contributed by atoms with van der Waals surface area (Å²) >= 11 is 0. The first-order chi connectivity index (χ1) is 10.5. The molecule has 0 radical (unpaired) electrons. The lowest BCUT2D eigenvalue weighted by molar-refractivity contribution is -0.898. The van der Waals surface area contributed by atoms with Crippen LogP contribution in [0.3, 0.4) is 0 Å². The predicted octanol–water partition coefficient (Wildman–Crippen LogP) is -0.331. The Hall–Kier alpha value is -1.82. The van der Waals surface area contributed by atoms with Crippen molar-refractivity contribution in [3.63, 3.8) is 0 Å². The fourth-order valence-electron chi connectivity index (χ4n) is 2.65. The molecule has 1 aromatic heterocycles. The van der Waals surface area contributed by atoms with Crippen LogP contribution in [0.2, 0.25) is 0 Å².